The van der Waals surface area contributed by atoms with Crippen LogP contribution in [0.25, 0.3) is 0 Å². The molecule has 0 radical (unpaired) electrons. The molecule has 0 heterocycles. The molecule has 0 amide bonds. The van der Waals surface area contributed by atoms with Crippen molar-refractivity contribution in [2.24, 2.45) is 23.7 Å². The summed E-state index contributed by atoms with van der Waals surface area (Å²) < 4.78 is 0. The van der Waals surface area contributed by atoms with Crippen molar-refractivity contribution in [2.75, 3.05) is 0 Å². The standard InChI is InChI=1S/C14H26/c1-3-11(2)13-9-8-12-6-4-5-7-14(12)10-13/h11-14H,3-10H2,1-2H3. The molecule has 14 heavy (non-hydrogen) atoms. The van der Waals surface area contributed by atoms with Crippen LogP contribution in [0.2, 0.25) is 0 Å². The lowest BCUT2D eigenvalue weighted by Gasteiger charge is -2.41. The summed E-state index contributed by atoms with van der Waals surface area (Å²) in [5.74, 6) is 4.30. The molecule has 4 atom stereocenters. The summed E-state index contributed by atoms with van der Waals surface area (Å²) in [6, 6.07) is 0. The van der Waals surface area contributed by atoms with Gasteiger partial charge in [0.25, 0.3) is 0 Å². The van der Waals surface area contributed by atoms with Gasteiger partial charge in [-0.2, -0.15) is 0 Å². The second-order valence-electron chi connectivity index (χ2n) is 5.76. The maximum atomic E-state index is 2.47. The summed E-state index contributed by atoms with van der Waals surface area (Å²) in [6.45, 7) is 4.82. The van der Waals surface area contributed by atoms with E-state index in [1.807, 2.05) is 0 Å². The van der Waals surface area contributed by atoms with Crippen molar-refractivity contribution >= 4 is 0 Å². The fourth-order valence-electron chi connectivity index (χ4n) is 3.76. The molecule has 0 aliphatic heterocycles. The van der Waals surface area contributed by atoms with E-state index in [0.717, 1.165) is 23.7 Å². The minimum absolute atomic E-state index is 0.984. The molecule has 2 aliphatic rings. The Bertz CT molecular complexity index is 173. The normalized spacial score (nSPS) is 40.3. The second-order valence-corrected chi connectivity index (χ2v) is 5.76. The topological polar surface area (TPSA) is 0 Å². The summed E-state index contributed by atoms with van der Waals surface area (Å²) in [5, 5.41) is 0. The third kappa shape index (κ3) is 2.15. The van der Waals surface area contributed by atoms with Gasteiger partial charge in [0.15, 0.2) is 0 Å². The molecule has 0 spiro atoms. The van der Waals surface area contributed by atoms with Gasteiger partial charge in [0, 0.05) is 0 Å². The van der Waals surface area contributed by atoms with E-state index in [1.165, 1.54) is 25.7 Å². The maximum absolute atomic E-state index is 2.47. The van der Waals surface area contributed by atoms with Gasteiger partial charge in [-0.05, 0) is 42.9 Å². The van der Waals surface area contributed by atoms with Crippen LogP contribution >= 0.6 is 0 Å². The van der Waals surface area contributed by atoms with Gasteiger partial charge >= 0.3 is 0 Å². The fraction of sp³-hybridized carbons (Fsp3) is 1.00. The third-order valence-electron chi connectivity index (χ3n) is 5.03. The maximum Gasteiger partial charge on any atom is -0.0383 e. The molecular weight excluding hydrogens is 168 g/mol. The van der Waals surface area contributed by atoms with Crippen LogP contribution < -0.4 is 0 Å². The first-order chi connectivity index (χ1) is 6.81. The van der Waals surface area contributed by atoms with E-state index in [0.29, 0.717) is 0 Å². The van der Waals surface area contributed by atoms with Crippen molar-refractivity contribution in [3.8, 4) is 0 Å². The van der Waals surface area contributed by atoms with E-state index >= 15 is 0 Å². The summed E-state index contributed by atoms with van der Waals surface area (Å²) in [7, 11) is 0. The van der Waals surface area contributed by atoms with E-state index in [4.69, 9.17) is 0 Å². The Hall–Kier alpha value is 0. The zero-order valence-electron chi connectivity index (χ0n) is 9.97. The SMILES string of the molecule is CCC(C)C1CCC2CCCCC2C1. The van der Waals surface area contributed by atoms with Gasteiger partial charge in [-0.1, -0.05) is 46.0 Å². The Morgan fingerprint density at radius 1 is 1.00 bits per heavy atom. The highest BCUT2D eigenvalue weighted by molar-refractivity contribution is 4.84. The van der Waals surface area contributed by atoms with Crippen molar-refractivity contribution in [1.29, 1.82) is 0 Å². The van der Waals surface area contributed by atoms with Gasteiger partial charge in [-0.3, -0.25) is 0 Å². The molecule has 2 aliphatic carbocycles. The highest BCUT2D eigenvalue weighted by atomic mass is 14.4. The summed E-state index contributed by atoms with van der Waals surface area (Å²) >= 11 is 0. The smallest absolute Gasteiger partial charge is 0.0383 e. The van der Waals surface area contributed by atoms with Crippen LogP contribution in [0.3, 0.4) is 0 Å². The van der Waals surface area contributed by atoms with E-state index in [2.05, 4.69) is 13.8 Å². The molecule has 0 nitrogen and oxygen atoms in total. The second kappa shape index (κ2) is 4.68. The van der Waals surface area contributed by atoms with E-state index < -0.39 is 0 Å². The Kier molecular flexibility index (Phi) is 3.52. The van der Waals surface area contributed by atoms with Crippen molar-refractivity contribution < 1.29 is 0 Å². The summed E-state index contributed by atoms with van der Waals surface area (Å²) in [6.07, 6.45) is 12.2. The van der Waals surface area contributed by atoms with Crippen LogP contribution in [0, 0.1) is 23.7 Å². The molecule has 4 unspecified atom stereocenters. The average molecular weight is 194 g/mol. The highest BCUT2D eigenvalue weighted by Crippen LogP contribution is 2.45. The average Bonchev–Trinajstić information content (AvgIpc) is 2.27. The molecule has 0 heteroatoms. The molecule has 0 aromatic heterocycles. The molecule has 0 bridgehead atoms. The number of hydrogen-bond acceptors (Lipinski definition) is 0. The summed E-state index contributed by atoms with van der Waals surface area (Å²) in [5.41, 5.74) is 0. The zero-order chi connectivity index (χ0) is 9.97. The first-order valence-corrected chi connectivity index (χ1v) is 6.81. The van der Waals surface area contributed by atoms with E-state index in [-0.39, 0.29) is 0 Å². The van der Waals surface area contributed by atoms with Gasteiger partial charge in [-0.25, -0.2) is 0 Å². The monoisotopic (exact) mass is 194 g/mol. The third-order valence-corrected chi connectivity index (χ3v) is 5.03. The lowest BCUT2D eigenvalue weighted by Crippen LogP contribution is -2.30. The van der Waals surface area contributed by atoms with Crippen LogP contribution in [0.15, 0.2) is 0 Å². The Labute approximate surface area is 89.5 Å². The molecule has 0 aromatic carbocycles. The lowest BCUT2D eigenvalue weighted by atomic mass is 9.65. The Balaban J connectivity index is 1.89. The van der Waals surface area contributed by atoms with E-state index in [9.17, 15) is 0 Å². The predicted molar refractivity (Wildman–Crippen MR) is 62.2 cm³/mol. The van der Waals surface area contributed by atoms with Gasteiger partial charge < -0.3 is 0 Å². The van der Waals surface area contributed by atoms with Crippen LogP contribution in [0.1, 0.15) is 65.2 Å². The van der Waals surface area contributed by atoms with Crippen molar-refractivity contribution in [1.82, 2.24) is 0 Å². The lowest BCUT2D eigenvalue weighted by molar-refractivity contribution is 0.103. The fourth-order valence-corrected chi connectivity index (χ4v) is 3.76. The molecule has 0 aromatic rings. The number of hydrogen-bond donors (Lipinski definition) is 0. The van der Waals surface area contributed by atoms with Crippen LogP contribution in [0.4, 0.5) is 0 Å². The van der Waals surface area contributed by atoms with Gasteiger partial charge in [-0.15, -0.1) is 0 Å². The number of fused-ring (bicyclic) bond motifs is 1. The van der Waals surface area contributed by atoms with Crippen LogP contribution in [-0.2, 0) is 0 Å². The largest absolute Gasteiger partial charge is 0.0651 e. The first kappa shape index (κ1) is 10.5. The Morgan fingerprint density at radius 3 is 2.43 bits per heavy atom. The highest BCUT2D eigenvalue weighted by Gasteiger charge is 2.33. The molecule has 0 saturated heterocycles. The molecule has 2 saturated carbocycles. The molecule has 2 rings (SSSR count). The Morgan fingerprint density at radius 2 is 1.71 bits per heavy atom. The van der Waals surface area contributed by atoms with Gasteiger partial charge in [0.05, 0.1) is 0 Å². The van der Waals surface area contributed by atoms with Gasteiger partial charge in [0.2, 0.25) is 0 Å². The van der Waals surface area contributed by atoms with Crippen molar-refractivity contribution in [3.63, 3.8) is 0 Å². The van der Waals surface area contributed by atoms with E-state index in [1.54, 1.807) is 25.7 Å². The van der Waals surface area contributed by atoms with Crippen molar-refractivity contribution in [2.45, 2.75) is 65.2 Å². The van der Waals surface area contributed by atoms with Gasteiger partial charge in [0.1, 0.15) is 0 Å². The minimum Gasteiger partial charge on any atom is -0.0651 e. The minimum atomic E-state index is 0.984. The molecular formula is C14H26. The quantitative estimate of drug-likeness (QED) is 0.601. The van der Waals surface area contributed by atoms with Crippen LogP contribution in [0.5, 0.6) is 0 Å². The molecule has 82 valence electrons. The molecule has 0 N–H and O–H groups in total. The van der Waals surface area contributed by atoms with Crippen molar-refractivity contribution in [3.05, 3.63) is 0 Å². The predicted octanol–water partition coefficient (Wildman–Crippen LogP) is 4.64. The van der Waals surface area contributed by atoms with Crippen LogP contribution in [-0.4, -0.2) is 0 Å². The summed E-state index contributed by atoms with van der Waals surface area (Å²) in [4.78, 5) is 0. The number of rotatable bonds is 2. The first-order valence-electron chi connectivity index (χ1n) is 6.81. The zero-order valence-corrected chi connectivity index (χ0v) is 9.97. The molecule has 2 fully saturated rings.